The summed E-state index contributed by atoms with van der Waals surface area (Å²) in [4.78, 5) is 12.2. The molecule has 20 heavy (non-hydrogen) atoms. The lowest BCUT2D eigenvalue weighted by atomic mass is 10.0. The van der Waals surface area contributed by atoms with Gasteiger partial charge >= 0.3 is 0 Å². The third-order valence-corrected chi connectivity index (χ3v) is 4.33. The molecule has 0 saturated carbocycles. The van der Waals surface area contributed by atoms with Crippen LogP contribution in [0.25, 0.3) is 0 Å². The van der Waals surface area contributed by atoms with Gasteiger partial charge in [0.1, 0.15) is 5.75 Å². The molecule has 0 radical (unpaired) electrons. The predicted octanol–water partition coefficient (Wildman–Crippen LogP) is 4.39. The number of carbonyl (C=O) groups is 1. The average molecular weight is 407 g/mol. The molecule has 0 aliphatic carbocycles. The fraction of sp³-hybridized carbons (Fsp3) is 0.533. The first-order chi connectivity index (χ1) is 9.62. The summed E-state index contributed by atoms with van der Waals surface area (Å²) in [6, 6.07) is 5.40. The Hall–Kier alpha value is -0.550. The lowest BCUT2D eigenvalue weighted by Gasteiger charge is -2.16. The Kier molecular flexibility index (Phi) is 8.22. The fourth-order valence-electron chi connectivity index (χ4n) is 2.05. The average Bonchev–Trinajstić information content (AvgIpc) is 2.45. The molecule has 0 spiro atoms. The van der Waals surface area contributed by atoms with E-state index >= 15 is 0 Å². The van der Waals surface area contributed by atoms with Gasteiger partial charge in [-0.05, 0) is 52.9 Å². The van der Waals surface area contributed by atoms with E-state index in [9.17, 15) is 4.79 Å². The van der Waals surface area contributed by atoms with Crippen LogP contribution in [-0.2, 0) is 0 Å². The van der Waals surface area contributed by atoms with Crippen LogP contribution in [0.1, 0.15) is 36.5 Å². The number of rotatable bonds is 8. The lowest BCUT2D eigenvalue weighted by Crippen LogP contribution is -2.29. The highest BCUT2D eigenvalue weighted by Gasteiger charge is 2.13. The van der Waals surface area contributed by atoms with Crippen molar-refractivity contribution < 1.29 is 9.53 Å². The highest BCUT2D eigenvalue weighted by molar-refractivity contribution is 9.10. The summed E-state index contributed by atoms with van der Waals surface area (Å²) in [6.07, 6.45) is 3.34. The number of alkyl halides is 1. The van der Waals surface area contributed by atoms with Crippen molar-refractivity contribution in [1.29, 1.82) is 0 Å². The third-order valence-electron chi connectivity index (χ3n) is 3.18. The topological polar surface area (TPSA) is 38.3 Å². The Morgan fingerprint density at radius 1 is 1.40 bits per heavy atom. The molecule has 0 aliphatic rings. The summed E-state index contributed by atoms with van der Waals surface area (Å²) < 4.78 is 5.94. The van der Waals surface area contributed by atoms with Crippen molar-refractivity contribution in [2.75, 3.05) is 19.0 Å². The first kappa shape index (κ1) is 17.5. The van der Waals surface area contributed by atoms with E-state index in [0.29, 0.717) is 23.8 Å². The summed E-state index contributed by atoms with van der Waals surface area (Å²) in [5, 5.41) is 3.98. The molecule has 3 nitrogen and oxygen atoms in total. The van der Waals surface area contributed by atoms with Gasteiger partial charge in [-0.3, -0.25) is 4.79 Å². The number of nitrogens with one attached hydrogen (secondary N) is 1. The zero-order chi connectivity index (χ0) is 15.0. The molecule has 1 rings (SSSR count). The first-order valence-electron chi connectivity index (χ1n) is 6.80. The Labute approximate surface area is 137 Å². The van der Waals surface area contributed by atoms with Gasteiger partial charge in [-0.1, -0.05) is 29.3 Å². The van der Waals surface area contributed by atoms with E-state index in [-0.39, 0.29) is 5.91 Å². The standard InChI is InChI=1S/C15H21Br2NO2/c1-3-4-11(7-8-16)10-18-15(19)13-9-12(20-2)5-6-14(13)17/h5-6,9,11H,3-4,7-8,10H2,1-2H3,(H,18,19). The van der Waals surface area contributed by atoms with Crippen molar-refractivity contribution in [3.8, 4) is 5.75 Å². The van der Waals surface area contributed by atoms with E-state index in [4.69, 9.17) is 4.74 Å². The quantitative estimate of drug-likeness (QED) is 0.650. The van der Waals surface area contributed by atoms with E-state index in [1.165, 1.54) is 0 Å². The number of carbonyl (C=O) groups excluding carboxylic acids is 1. The van der Waals surface area contributed by atoms with Gasteiger partial charge in [0.15, 0.2) is 0 Å². The van der Waals surface area contributed by atoms with Gasteiger partial charge in [-0.2, -0.15) is 0 Å². The number of benzene rings is 1. The molecular weight excluding hydrogens is 386 g/mol. The molecule has 1 aromatic carbocycles. The van der Waals surface area contributed by atoms with Crippen LogP contribution in [-0.4, -0.2) is 24.9 Å². The van der Waals surface area contributed by atoms with Crippen molar-refractivity contribution in [3.05, 3.63) is 28.2 Å². The van der Waals surface area contributed by atoms with Crippen LogP contribution in [0, 0.1) is 5.92 Å². The van der Waals surface area contributed by atoms with E-state index in [1.807, 2.05) is 12.1 Å². The van der Waals surface area contributed by atoms with Gasteiger partial charge in [0.25, 0.3) is 5.91 Å². The number of methoxy groups -OCH3 is 1. The maximum Gasteiger partial charge on any atom is 0.252 e. The van der Waals surface area contributed by atoms with Crippen LogP contribution < -0.4 is 10.1 Å². The van der Waals surface area contributed by atoms with E-state index in [2.05, 4.69) is 44.1 Å². The molecule has 1 unspecified atom stereocenters. The Balaban J connectivity index is 2.65. The highest BCUT2D eigenvalue weighted by Crippen LogP contribution is 2.22. The maximum absolute atomic E-state index is 12.2. The van der Waals surface area contributed by atoms with Crippen molar-refractivity contribution in [2.45, 2.75) is 26.2 Å². The van der Waals surface area contributed by atoms with E-state index in [0.717, 1.165) is 29.1 Å². The molecule has 112 valence electrons. The second-order valence-electron chi connectivity index (χ2n) is 4.69. The largest absolute Gasteiger partial charge is 0.497 e. The minimum Gasteiger partial charge on any atom is -0.497 e. The maximum atomic E-state index is 12.2. The molecule has 0 aliphatic heterocycles. The zero-order valence-corrected chi connectivity index (χ0v) is 15.1. The van der Waals surface area contributed by atoms with Gasteiger partial charge in [0.2, 0.25) is 0 Å². The van der Waals surface area contributed by atoms with Gasteiger partial charge in [-0.15, -0.1) is 0 Å². The Bertz CT molecular complexity index is 432. The smallest absolute Gasteiger partial charge is 0.252 e. The number of hydrogen-bond donors (Lipinski definition) is 1. The van der Waals surface area contributed by atoms with Crippen molar-refractivity contribution >= 4 is 37.8 Å². The molecule has 1 N–H and O–H groups in total. The van der Waals surface area contributed by atoms with Crippen molar-refractivity contribution in [1.82, 2.24) is 5.32 Å². The predicted molar refractivity (Wildman–Crippen MR) is 89.8 cm³/mol. The van der Waals surface area contributed by atoms with E-state index < -0.39 is 0 Å². The fourth-order valence-corrected chi connectivity index (χ4v) is 3.12. The molecule has 0 fully saturated rings. The van der Waals surface area contributed by atoms with Crippen molar-refractivity contribution in [3.63, 3.8) is 0 Å². The normalized spacial score (nSPS) is 12.0. The molecule has 0 bridgehead atoms. The molecule has 1 atom stereocenters. The van der Waals surface area contributed by atoms with Gasteiger partial charge in [-0.25, -0.2) is 0 Å². The lowest BCUT2D eigenvalue weighted by molar-refractivity contribution is 0.0945. The minimum absolute atomic E-state index is 0.0635. The van der Waals surface area contributed by atoms with Gasteiger partial charge < -0.3 is 10.1 Å². The summed E-state index contributed by atoms with van der Waals surface area (Å²) in [5.41, 5.74) is 0.610. The van der Waals surface area contributed by atoms with Crippen LogP contribution in [0.2, 0.25) is 0 Å². The molecule has 0 saturated heterocycles. The summed E-state index contributed by atoms with van der Waals surface area (Å²) in [7, 11) is 1.60. The van der Waals surface area contributed by atoms with Crippen LogP contribution in [0.4, 0.5) is 0 Å². The first-order valence-corrected chi connectivity index (χ1v) is 8.71. The van der Waals surface area contributed by atoms with Crippen LogP contribution in [0.3, 0.4) is 0 Å². The molecule has 1 amide bonds. The van der Waals surface area contributed by atoms with Crippen LogP contribution in [0.15, 0.2) is 22.7 Å². The van der Waals surface area contributed by atoms with Crippen molar-refractivity contribution in [2.24, 2.45) is 5.92 Å². The number of hydrogen-bond acceptors (Lipinski definition) is 2. The third kappa shape index (κ3) is 5.44. The SMILES string of the molecule is CCCC(CCBr)CNC(=O)c1cc(OC)ccc1Br. The monoisotopic (exact) mass is 405 g/mol. The molecular formula is C15H21Br2NO2. The summed E-state index contributed by atoms with van der Waals surface area (Å²) in [6.45, 7) is 2.88. The number of ether oxygens (including phenoxy) is 1. The zero-order valence-electron chi connectivity index (χ0n) is 11.9. The minimum atomic E-state index is -0.0635. The summed E-state index contributed by atoms with van der Waals surface area (Å²) in [5.74, 6) is 1.14. The highest BCUT2D eigenvalue weighted by atomic mass is 79.9. The summed E-state index contributed by atoms with van der Waals surface area (Å²) >= 11 is 6.87. The Morgan fingerprint density at radius 2 is 2.15 bits per heavy atom. The Morgan fingerprint density at radius 3 is 2.75 bits per heavy atom. The molecule has 1 aromatic rings. The second-order valence-corrected chi connectivity index (χ2v) is 6.34. The number of halogens is 2. The van der Waals surface area contributed by atoms with E-state index in [1.54, 1.807) is 13.2 Å². The molecule has 0 heterocycles. The van der Waals surface area contributed by atoms with Gasteiger partial charge in [0, 0.05) is 16.3 Å². The second kappa shape index (κ2) is 9.40. The van der Waals surface area contributed by atoms with Gasteiger partial charge in [0.05, 0.1) is 12.7 Å². The number of amides is 1. The molecule has 5 heteroatoms. The van der Waals surface area contributed by atoms with Crippen LogP contribution >= 0.6 is 31.9 Å². The molecule has 0 aromatic heterocycles. The van der Waals surface area contributed by atoms with Crippen LogP contribution in [0.5, 0.6) is 5.75 Å².